The molecule has 0 aromatic heterocycles. The number of rotatable bonds is 5. The monoisotopic (exact) mass is 280 g/mol. The highest BCUT2D eigenvalue weighted by Crippen LogP contribution is 2.10. The van der Waals surface area contributed by atoms with Crippen LogP contribution in [0.15, 0.2) is 24.3 Å². The van der Waals surface area contributed by atoms with E-state index in [9.17, 15) is 16.8 Å². The minimum Gasteiger partial charge on any atom is -0.382 e. The molecule has 9 heteroatoms. The van der Waals surface area contributed by atoms with Gasteiger partial charge in [-0.1, -0.05) is 12.1 Å². The van der Waals surface area contributed by atoms with Crippen LogP contribution >= 0.6 is 0 Å². The molecule has 0 saturated carbocycles. The molecule has 0 aliphatic heterocycles. The normalized spacial score (nSPS) is 12.6. The van der Waals surface area contributed by atoms with Gasteiger partial charge in [0.25, 0.3) is 20.2 Å². The fourth-order valence-corrected chi connectivity index (χ4v) is 2.89. The molecule has 0 aliphatic rings. The molecule has 1 aromatic carbocycles. The summed E-state index contributed by atoms with van der Waals surface area (Å²) >= 11 is 0. The number of hydrogen-bond acceptors (Lipinski definition) is 5. The zero-order valence-corrected chi connectivity index (χ0v) is 10.1. The van der Waals surface area contributed by atoms with Crippen LogP contribution < -0.4 is 5.32 Å². The van der Waals surface area contributed by atoms with E-state index < -0.39 is 31.4 Å². The van der Waals surface area contributed by atoms with Gasteiger partial charge >= 0.3 is 0 Å². The Morgan fingerprint density at radius 2 is 1.59 bits per heavy atom. The molecule has 3 N–H and O–H groups in total. The number of anilines is 1. The highest BCUT2D eigenvalue weighted by Gasteiger charge is 2.35. The molecule has 0 aliphatic carbocycles. The van der Waals surface area contributed by atoms with Gasteiger partial charge < -0.3 is 5.32 Å². The van der Waals surface area contributed by atoms with Gasteiger partial charge in [0.05, 0.1) is 6.54 Å². The number of nitrogens with one attached hydrogen (secondary N) is 1. The third-order valence-electron chi connectivity index (χ3n) is 1.86. The maximum absolute atomic E-state index is 10.8. The fourth-order valence-electron chi connectivity index (χ4n) is 1.07. The van der Waals surface area contributed by atoms with Gasteiger partial charge in [-0.05, 0) is 18.2 Å². The summed E-state index contributed by atoms with van der Waals surface area (Å²) in [5.41, 5.74) is 0.432. The Morgan fingerprint density at radius 3 is 2.00 bits per heavy atom. The molecule has 7 nitrogen and oxygen atoms in total. The third kappa shape index (κ3) is 4.30. The highest BCUT2D eigenvalue weighted by molar-refractivity contribution is 8.04. The zero-order chi connectivity index (χ0) is 13.1. The van der Waals surface area contributed by atoms with Crippen LogP contribution in [0.5, 0.6) is 0 Å². The molecule has 0 unspecified atom stereocenters. The fraction of sp³-hybridized carbons (Fsp3) is 0.250. The van der Waals surface area contributed by atoms with Crippen molar-refractivity contribution in [2.45, 2.75) is 4.58 Å². The van der Waals surface area contributed by atoms with Gasteiger partial charge in [0.1, 0.15) is 0 Å². The van der Waals surface area contributed by atoms with Crippen LogP contribution in [0.25, 0.3) is 0 Å². The van der Waals surface area contributed by atoms with Crippen LogP contribution in [-0.4, -0.2) is 37.1 Å². The Labute approximate surface area is 99.0 Å². The average molecular weight is 280 g/mol. The summed E-state index contributed by atoms with van der Waals surface area (Å²) in [6, 6.07) is 8.80. The second kappa shape index (κ2) is 5.00. The van der Waals surface area contributed by atoms with E-state index in [1.165, 1.54) is 24.3 Å². The molecule has 1 rings (SSSR count). The minimum absolute atomic E-state index is 0.432. The Morgan fingerprint density at radius 1 is 1.12 bits per heavy atom. The van der Waals surface area contributed by atoms with Crippen molar-refractivity contribution in [1.29, 1.82) is 0 Å². The first-order valence-corrected chi connectivity index (χ1v) is 7.34. The first-order valence-electron chi connectivity index (χ1n) is 4.34. The van der Waals surface area contributed by atoms with Gasteiger partial charge in [-0.2, -0.15) is 16.8 Å². The van der Waals surface area contributed by atoms with Gasteiger partial charge in [0.15, 0.2) is 0 Å². The summed E-state index contributed by atoms with van der Waals surface area (Å²) < 4.78 is 58.1. The molecule has 1 radical (unpaired) electrons. The van der Waals surface area contributed by atoms with E-state index >= 15 is 0 Å². The molecular formula is C8H10NO6S2. The molecule has 0 heterocycles. The number of hydrogen-bond donors (Lipinski definition) is 3. The smallest absolute Gasteiger partial charge is 0.286 e. The van der Waals surface area contributed by atoms with Crippen molar-refractivity contribution in [3.05, 3.63) is 30.3 Å². The summed E-state index contributed by atoms with van der Waals surface area (Å²) in [6.45, 7) is -0.665. The lowest BCUT2D eigenvalue weighted by molar-refractivity contribution is 0.456. The van der Waals surface area contributed by atoms with Gasteiger partial charge in [0, 0.05) is 5.69 Å². The molecule has 0 saturated heterocycles. The minimum atomic E-state index is -4.90. The standard InChI is InChI=1S/C8H10NO6S2/c10-16(11,12)8(17(13,14)15)6-9-7-4-2-1-3-5-7/h2-5,8-9H,6H2,(H,10,11,12)(H,13,14,15). The van der Waals surface area contributed by atoms with Crippen molar-refractivity contribution in [2.24, 2.45) is 0 Å². The molecule has 95 valence electrons. The molecule has 17 heavy (non-hydrogen) atoms. The quantitative estimate of drug-likeness (QED) is 0.649. The van der Waals surface area contributed by atoms with Crippen LogP contribution in [0, 0.1) is 6.07 Å². The highest BCUT2D eigenvalue weighted by atomic mass is 32.3. The van der Waals surface area contributed by atoms with E-state index in [0.29, 0.717) is 5.69 Å². The van der Waals surface area contributed by atoms with Crippen molar-refractivity contribution < 1.29 is 25.9 Å². The topological polar surface area (TPSA) is 121 Å². The van der Waals surface area contributed by atoms with Gasteiger partial charge in [-0.3, -0.25) is 9.11 Å². The largest absolute Gasteiger partial charge is 0.382 e. The third-order valence-corrected chi connectivity index (χ3v) is 4.98. The Bertz CT molecular complexity index is 533. The summed E-state index contributed by atoms with van der Waals surface area (Å²) in [5.74, 6) is 0. The lowest BCUT2D eigenvalue weighted by atomic mass is 10.3. The Kier molecular flexibility index (Phi) is 4.09. The molecule has 0 bridgehead atoms. The van der Waals surface area contributed by atoms with Crippen molar-refractivity contribution in [3.8, 4) is 0 Å². The summed E-state index contributed by atoms with van der Waals surface area (Å²) in [5, 5.41) is 2.46. The van der Waals surface area contributed by atoms with Crippen molar-refractivity contribution >= 4 is 25.9 Å². The predicted octanol–water partition coefficient (Wildman–Crippen LogP) is 0.000390. The van der Waals surface area contributed by atoms with Crippen LogP contribution in [0.4, 0.5) is 5.69 Å². The molecule has 0 atom stereocenters. The van der Waals surface area contributed by atoms with Crippen molar-refractivity contribution in [2.75, 3.05) is 11.9 Å². The maximum atomic E-state index is 10.8. The van der Waals surface area contributed by atoms with Crippen molar-refractivity contribution in [3.63, 3.8) is 0 Å². The second-order valence-corrected chi connectivity index (χ2v) is 6.63. The predicted molar refractivity (Wildman–Crippen MR) is 60.7 cm³/mol. The maximum Gasteiger partial charge on any atom is 0.286 e. The lowest BCUT2D eigenvalue weighted by Crippen LogP contribution is -2.36. The van der Waals surface area contributed by atoms with Crippen LogP contribution in [-0.2, 0) is 20.2 Å². The molecule has 0 amide bonds. The van der Waals surface area contributed by atoms with E-state index in [1.54, 1.807) is 0 Å². The van der Waals surface area contributed by atoms with Gasteiger partial charge in [0.2, 0.25) is 4.58 Å². The second-order valence-electron chi connectivity index (χ2n) is 3.13. The summed E-state index contributed by atoms with van der Waals surface area (Å²) in [4.78, 5) is 0. The number of benzene rings is 1. The summed E-state index contributed by atoms with van der Waals surface area (Å²) in [6.07, 6.45) is 0. The van der Waals surface area contributed by atoms with E-state index in [0.717, 1.165) is 0 Å². The first kappa shape index (κ1) is 13.9. The van der Waals surface area contributed by atoms with Gasteiger partial charge in [-0.25, -0.2) is 0 Å². The first-order chi connectivity index (χ1) is 7.71. The molecular weight excluding hydrogens is 270 g/mol. The molecule has 1 aromatic rings. The zero-order valence-electron chi connectivity index (χ0n) is 8.44. The van der Waals surface area contributed by atoms with Crippen LogP contribution in [0.1, 0.15) is 0 Å². The Balaban J connectivity index is 2.84. The SMILES string of the molecule is O=S(=O)(O)C(CNc1cc[c]cc1)S(=O)(=O)O. The van der Waals surface area contributed by atoms with E-state index in [-0.39, 0.29) is 0 Å². The van der Waals surface area contributed by atoms with E-state index in [4.69, 9.17) is 9.11 Å². The van der Waals surface area contributed by atoms with Gasteiger partial charge in [-0.15, -0.1) is 0 Å². The average Bonchev–Trinajstić information content (AvgIpc) is 2.15. The Hall–Kier alpha value is -1.16. The molecule has 0 spiro atoms. The summed E-state index contributed by atoms with van der Waals surface area (Å²) in [7, 11) is -9.80. The van der Waals surface area contributed by atoms with Crippen molar-refractivity contribution in [1.82, 2.24) is 0 Å². The molecule has 0 fully saturated rings. The van der Waals surface area contributed by atoms with E-state index in [1.807, 2.05) is 0 Å². The van der Waals surface area contributed by atoms with Crippen LogP contribution in [0.3, 0.4) is 0 Å². The lowest BCUT2D eigenvalue weighted by Gasteiger charge is -2.12. The van der Waals surface area contributed by atoms with Crippen LogP contribution in [0.2, 0.25) is 0 Å². The van der Waals surface area contributed by atoms with E-state index in [2.05, 4.69) is 11.4 Å².